The van der Waals surface area contributed by atoms with E-state index in [9.17, 15) is 22.4 Å². The molecule has 0 unspecified atom stereocenters. The molecule has 1 amide bonds. The highest BCUT2D eigenvalue weighted by Crippen LogP contribution is 2.30. The predicted octanol–water partition coefficient (Wildman–Crippen LogP) is 1.61. The number of amides is 1. The Morgan fingerprint density at radius 3 is 2.60 bits per heavy atom. The number of rotatable bonds is 3. The molecule has 0 aliphatic carbocycles. The summed E-state index contributed by atoms with van der Waals surface area (Å²) in [6.45, 7) is 0. The number of carbonyl (C=O) groups is 1. The number of halogens is 4. The minimum absolute atomic E-state index is 0.00630. The Balaban J connectivity index is 2.46. The second kappa shape index (κ2) is 4.79. The first-order valence-electron chi connectivity index (χ1n) is 5.04. The van der Waals surface area contributed by atoms with E-state index in [0.29, 0.717) is 0 Å². The topological polar surface area (TPSA) is 93.9 Å². The number of ether oxygens (including phenoxy) is 1. The van der Waals surface area contributed by atoms with E-state index in [0.717, 1.165) is 18.2 Å². The van der Waals surface area contributed by atoms with Crippen molar-refractivity contribution in [2.75, 3.05) is 0 Å². The lowest BCUT2D eigenvalue weighted by Gasteiger charge is -2.10. The van der Waals surface area contributed by atoms with Gasteiger partial charge in [0.25, 0.3) is 5.91 Å². The fraction of sp³-hybridized carbons (Fsp3) is 0.100. The van der Waals surface area contributed by atoms with E-state index in [-0.39, 0.29) is 17.0 Å². The van der Waals surface area contributed by atoms with Crippen molar-refractivity contribution in [3.8, 4) is 17.0 Å². The Hall–Kier alpha value is -2.65. The smallest absolute Gasteiger partial charge is 0.403 e. The van der Waals surface area contributed by atoms with Crippen molar-refractivity contribution < 1.29 is 27.1 Å². The van der Waals surface area contributed by atoms with Crippen molar-refractivity contribution in [1.82, 2.24) is 15.4 Å². The van der Waals surface area contributed by atoms with Gasteiger partial charge in [-0.3, -0.25) is 4.79 Å². The minimum Gasteiger partial charge on any atom is -0.403 e. The third-order valence-electron chi connectivity index (χ3n) is 2.21. The molecule has 0 aliphatic heterocycles. The number of nitrogens with zero attached hydrogens (tertiary/aromatic N) is 2. The van der Waals surface area contributed by atoms with Gasteiger partial charge in [-0.15, -0.1) is 13.2 Å². The average molecular weight is 290 g/mol. The van der Waals surface area contributed by atoms with Gasteiger partial charge in [-0.2, -0.15) is 15.4 Å². The Labute approximate surface area is 108 Å². The zero-order valence-electron chi connectivity index (χ0n) is 9.53. The standard InChI is InChI=1S/C10H6F4N4O2/c11-5-2-1-4(3-6(5)20-10(12,13)14)7-8(9(15)19)17-18-16-7/h1-3H,(H2,15,19)(H,16,17,18). The van der Waals surface area contributed by atoms with Crippen LogP contribution < -0.4 is 10.5 Å². The van der Waals surface area contributed by atoms with Gasteiger partial charge >= 0.3 is 6.36 Å². The monoisotopic (exact) mass is 290 g/mol. The highest BCUT2D eigenvalue weighted by Gasteiger charge is 2.32. The number of aromatic amines is 1. The van der Waals surface area contributed by atoms with Crippen LogP contribution in [-0.4, -0.2) is 27.7 Å². The Bertz CT molecular complexity index is 653. The van der Waals surface area contributed by atoms with Crippen LogP contribution >= 0.6 is 0 Å². The second-order valence-electron chi connectivity index (χ2n) is 3.58. The van der Waals surface area contributed by atoms with Gasteiger partial charge in [0.05, 0.1) is 0 Å². The van der Waals surface area contributed by atoms with Crippen LogP contribution in [0, 0.1) is 5.82 Å². The van der Waals surface area contributed by atoms with Crippen molar-refractivity contribution in [2.24, 2.45) is 5.73 Å². The molecule has 0 fully saturated rings. The lowest BCUT2D eigenvalue weighted by atomic mass is 10.1. The number of nitrogens with two attached hydrogens (primary N) is 1. The molecule has 1 aromatic heterocycles. The molecule has 2 aromatic rings. The Kier molecular flexibility index (Phi) is 3.30. The highest BCUT2D eigenvalue weighted by molar-refractivity contribution is 5.96. The fourth-order valence-electron chi connectivity index (χ4n) is 1.46. The van der Waals surface area contributed by atoms with Gasteiger partial charge in [0.1, 0.15) is 5.69 Å². The molecule has 6 nitrogen and oxygen atoms in total. The number of nitrogens with one attached hydrogen (secondary N) is 1. The van der Waals surface area contributed by atoms with Gasteiger partial charge < -0.3 is 10.5 Å². The van der Waals surface area contributed by atoms with E-state index in [4.69, 9.17) is 5.73 Å². The molecular weight excluding hydrogens is 284 g/mol. The molecule has 0 spiro atoms. The Morgan fingerprint density at radius 2 is 2.00 bits per heavy atom. The molecular formula is C10H6F4N4O2. The second-order valence-corrected chi connectivity index (χ2v) is 3.58. The average Bonchev–Trinajstić information content (AvgIpc) is 2.79. The zero-order chi connectivity index (χ0) is 14.9. The number of aromatic nitrogens is 3. The number of H-pyrrole nitrogens is 1. The highest BCUT2D eigenvalue weighted by atomic mass is 19.4. The van der Waals surface area contributed by atoms with E-state index in [2.05, 4.69) is 20.1 Å². The fourth-order valence-corrected chi connectivity index (χ4v) is 1.46. The molecule has 0 bridgehead atoms. The van der Waals surface area contributed by atoms with Crippen molar-refractivity contribution in [1.29, 1.82) is 0 Å². The van der Waals surface area contributed by atoms with E-state index < -0.39 is 23.8 Å². The normalized spacial score (nSPS) is 11.4. The third kappa shape index (κ3) is 2.84. The maximum atomic E-state index is 13.2. The summed E-state index contributed by atoms with van der Waals surface area (Å²) >= 11 is 0. The minimum atomic E-state index is -5.05. The lowest BCUT2D eigenvalue weighted by Crippen LogP contribution is -2.18. The number of carbonyl (C=O) groups excluding carboxylic acids is 1. The van der Waals surface area contributed by atoms with Gasteiger partial charge in [0.2, 0.25) is 0 Å². The zero-order valence-corrected chi connectivity index (χ0v) is 9.53. The first-order chi connectivity index (χ1) is 9.28. The van der Waals surface area contributed by atoms with Crippen molar-refractivity contribution >= 4 is 5.91 Å². The molecule has 2 rings (SSSR count). The summed E-state index contributed by atoms with van der Waals surface area (Å²) in [6.07, 6.45) is -5.05. The third-order valence-corrected chi connectivity index (χ3v) is 2.21. The molecule has 3 N–H and O–H groups in total. The maximum Gasteiger partial charge on any atom is 0.573 e. The number of benzene rings is 1. The molecule has 1 heterocycles. The van der Waals surface area contributed by atoms with Gasteiger partial charge in [0.15, 0.2) is 17.3 Å². The van der Waals surface area contributed by atoms with Gasteiger partial charge in [-0.05, 0) is 18.2 Å². The predicted molar refractivity (Wildman–Crippen MR) is 57.0 cm³/mol. The summed E-state index contributed by atoms with van der Waals surface area (Å²) in [7, 11) is 0. The number of hydrogen-bond acceptors (Lipinski definition) is 4. The van der Waals surface area contributed by atoms with Gasteiger partial charge in [-0.25, -0.2) is 4.39 Å². The molecule has 1 aromatic carbocycles. The summed E-state index contributed by atoms with van der Waals surface area (Å²) in [5.74, 6) is -3.19. The van der Waals surface area contributed by atoms with Crippen LogP contribution in [-0.2, 0) is 0 Å². The van der Waals surface area contributed by atoms with Crippen LogP contribution in [0.5, 0.6) is 5.75 Å². The molecule has 0 saturated carbocycles. The van der Waals surface area contributed by atoms with Crippen LogP contribution in [0.25, 0.3) is 11.3 Å². The van der Waals surface area contributed by atoms with E-state index in [1.807, 2.05) is 0 Å². The molecule has 106 valence electrons. The molecule has 20 heavy (non-hydrogen) atoms. The Morgan fingerprint density at radius 1 is 1.30 bits per heavy atom. The molecule has 10 heteroatoms. The first kappa shape index (κ1) is 13.8. The number of hydrogen-bond donors (Lipinski definition) is 2. The van der Waals surface area contributed by atoms with Crippen molar-refractivity contribution in [3.05, 3.63) is 29.7 Å². The lowest BCUT2D eigenvalue weighted by molar-refractivity contribution is -0.275. The molecule has 0 saturated heterocycles. The van der Waals surface area contributed by atoms with Crippen LogP contribution in [0.4, 0.5) is 17.6 Å². The van der Waals surface area contributed by atoms with Crippen LogP contribution in [0.2, 0.25) is 0 Å². The first-order valence-corrected chi connectivity index (χ1v) is 5.04. The molecule has 0 aliphatic rings. The van der Waals surface area contributed by atoms with Crippen molar-refractivity contribution in [3.63, 3.8) is 0 Å². The van der Waals surface area contributed by atoms with Crippen molar-refractivity contribution in [2.45, 2.75) is 6.36 Å². The van der Waals surface area contributed by atoms with Crippen LogP contribution in [0.15, 0.2) is 18.2 Å². The summed E-state index contributed by atoms with van der Waals surface area (Å²) in [6, 6.07) is 2.60. The summed E-state index contributed by atoms with van der Waals surface area (Å²) < 4.78 is 53.1. The summed E-state index contributed by atoms with van der Waals surface area (Å²) in [5, 5.41) is 9.13. The van der Waals surface area contributed by atoms with Crippen LogP contribution in [0.3, 0.4) is 0 Å². The summed E-state index contributed by atoms with van der Waals surface area (Å²) in [4.78, 5) is 11.1. The summed E-state index contributed by atoms with van der Waals surface area (Å²) in [5.41, 5.74) is 4.62. The van der Waals surface area contributed by atoms with E-state index in [1.54, 1.807) is 0 Å². The number of primary amides is 1. The maximum absolute atomic E-state index is 13.2. The van der Waals surface area contributed by atoms with Gasteiger partial charge in [-0.1, -0.05) is 0 Å². The number of alkyl halides is 3. The quantitative estimate of drug-likeness (QED) is 0.840. The largest absolute Gasteiger partial charge is 0.573 e. The SMILES string of the molecule is NC(=O)c1n[nH]nc1-c1ccc(F)c(OC(F)(F)F)c1. The van der Waals surface area contributed by atoms with E-state index in [1.165, 1.54) is 0 Å². The molecule has 0 atom stereocenters. The molecule has 0 radical (unpaired) electrons. The van der Waals surface area contributed by atoms with E-state index >= 15 is 0 Å². The van der Waals surface area contributed by atoms with Crippen LogP contribution in [0.1, 0.15) is 10.5 Å². The van der Waals surface area contributed by atoms with Gasteiger partial charge in [0, 0.05) is 5.56 Å².